The highest BCUT2D eigenvalue weighted by molar-refractivity contribution is 6.92. The highest BCUT2D eigenvalue weighted by Gasteiger charge is 2.17. The van der Waals surface area contributed by atoms with Crippen molar-refractivity contribution in [3.8, 4) is 11.1 Å². The fourth-order valence-corrected chi connectivity index (χ4v) is 1.25. The normalized spacial score (nSPS) is 10.4. The Bertz CT molecular complexity index is 224. The lowest BCUT2D eigenvalue weighted by Crippen LogP contribution is -2.01. The summed E-state index contributed by atoms with van der Waals surface area (Å²) < 4.78 is 0. The van der Waals surface area contributed by atoms with Crippen molar-refractivity contribution in [1.29, 1.82) is 0 Å². The third-order valence-electron chi connectivity index (χ3n) is 2.08. The molecular formula is C8H11P. The van der Waals surface area contributed by atoms with Crippen LogP contribution < -0.4 is 0 Å². The van der Waals surface area contributed by atoms with Gasteiger partial charge in [-0.15, -0.1) is 0 Å². The minimum atomic E-state index is 0. The molecule has 0 nitrogen and oxygen atoms in total. The topological polar surface area (TPSA) is 0 Å². The first kappa shape index (κ1) is 6.77. The van der Waals surface area contributed by atoms with Crippen LogP contribution in [0.3, 0.4) is 0 Å². The molecule has 0 aromatic rings. The molecule has 0 spiro atoms. The number of fused-ring (bicyclic) bond motifs is 1. The molecule has 1 unspecified atom stereocenters. The molecule has 0 heterocycles. The molecule has 0 amide bonds. The second-order valence-electron chi connectivity index (χ2n) is 2.41. The Balaban J connectivity index is 0.000000405. The van der Waals surface area contributed by atoms with E-state index in [0.717, 1.165) is 0 Å². The van der Waals surface area contributed by atoms with Gasteiger partial charge >= 0.3 is 0 Å². The smallest absolute Gasteiger partial charge is 0.0149 e. The van der Waals surface area contributed by atoms with Crippen molar-refractivity contribution < 1.29 is 0 Å². The van der Waals surface area contributed by atoms with Gasteiger partial charge in [-0.3, -0.25) is 0 Å². The maximum absolute atomic E-state index is 2.18. The van der Waals surface area contributed by atoms with Crippen LogP contribution in [0.1, 0.15) is 11.1 Å². The highest BCUT2D eigenvalue weighted by Crippen LogP contribution is 2.40. The van der Waals surface area contributed by atoms with Crippen LogP contribution in [0.25, 0.3) is 11.1 Å². The number of rotatable bonds is 0. The van der Waals surface area contributed by atoms with Gasteiger partial charge in [0.25, 0.3) is 0 Å². The zero-order valence-electron chi connectivity index (χ0n) is 5.86. The van der Waals surface area contributed by atoms with E-state index in [0.29, 0.717) is 0 Å². The SMILES string of the molecule is Cc1c2ccc-2c1C.P. The molecule has 0 fully saturated rings. The first-order valence-electron chi connectivity index (χ1n) is 2.91. The maximum atomic E-state index is 2.18. The van der Waals surface area contributed by atoms with E-state index in [4.69, 9.17) is 0 Å². The van der Waals surface area contributed by atoms with Crippen molar-refractivity contribution >= 4 is 9.90 Å². The van der Waals surface area contributed by atoms with Crippen molar-refractivity contribution in [2.75, 3.05) is 0 Å². The molecule has 0 radical (unpaired) electrons. The van der Waals surface area contributed by atoms with Crippen LogP contribution in [-0.4, -0.2) is 0 Å². The highest BCUT2D eigenvalue weighted by atomic mass is 31.0. The van der Waals surface area contributed by atoms with Gasteiger partial charge in [-0.2, -0.15) is 9.90 Å². The zero-order chi connectivity index (χ0) is 5.72. The van der Waals surface area contributed by atoms with Crippen molar-refractivity contribution in [1.82, 2.24) is 0 Å². The monoisotopic (exact) mass is 138 g/mol. The Hall–Kier alpha value is -0.350. The van der Waals surface area contributed by atoms with Crippen molar-refractivity contribution in [2.24, 2.45) is 0 Å². The third-order valence-corrected chi connectivity index (χ3v) is 2.08. The average molecular weight is 138 g/mol. The standard InChI is InChI=1S/C8H8.H3P/c1-5-6(2)8-4-3-7(5)8;/h3-4H,1-2H3;1H3. The second kappa shape index (κ2) is 1.82. The minimum absolute atomic E-state index is 0. The van der Waals surface area contributed by atoms with E-state index in [1.807, 2.05) is 0 Å². The predicted molar refractivity (Wildman–Crippen MR) is 46.0 cm³/mol. The summed E-state index contributed by atoms with van der Waals surface area (Å²) in [5.41, 5.74) is 5.95. The summed E-state index contributed by atoms with van der Waals surface area (Å²) in [6, 6.07) is 4.36. The van der Waals surface area contributed by atoms with E-state index in [1.165, 1.54) is 22.3 Å². The minimum Gasteiger partial charge on any atom is -0.153 e. The quantitative estimate of drug-likeness (QED) is 0.490. The summed E-state index contributed by atoms with van der Waals surface area (Å²) in [6.07, 6.45) is 0. The maximum Gasteiger partial charge on any atom is -0.0149 e. The molecule has 2 rings (SSSR count). The molecule has 1 heteroatoms. The molecule has 0 aromatic heterocycles. The van der Waals surface area contributed by atoms with Gasteiger partial charge in [0.1, 0.15) is 0 Å². The first-order chi connectivity index (χ1) is 3.80. The Morgan fingerprint density at radius 3 is 1.33 bits per heavy atom. The molecule has 0 bridgehead atoms. The van der Waals surface area contributed by atoms with Crippen LogP contribution in [0.4, 0.5) is 0 Å². The molecular weight excluding hydrogens is 127 g/mol. The summed E-state index contributed by atoms with van der Waals surface area (Å²) in [5.74, 6) is 0. The van der Waals surface area contributed by atoms with Crippen molar-refractivity contribution in [2.45, 2.75) is 13.8 Å². The van der Waals surface area contributed by atoms with Crippen molar-refractivity contribution in [3.05, 3.63) is 23.3 Å². The van der Waals surface area contributed by atoms with E-state index in [9.17, 15) is 0 Å². The molecule has 0 saturated heterocycles. The number of hydrogen-bond acceptors (Lipinski definition) is 0. The lowest BCUT2D eigenvalue weighted by atomic mass is 9.81. The van der Waals surface area contributed by atoms with Gasteiger partial charge in [-0.1, -0.05) is 12.1 Å². The van der Waals surface area contributed by atoms with Gasteiger partial charge in [-0.05, 0) is 36.1 Å². The Labute approximate surface area is 58.9 Å². The Morgan fingerprint density at radius 1 is 0.889 bits per heavy atom. The Morgan fingerprint density at radius 2 is 1.22 bits per heavy atom. The fraction of sp³-hybridized carbons (Fsp3) is 0.250. The fourth-order valence-electron chi connectivity index (χ4n) is 1.25. The summed E-state index contributed by atoms with van der Waals surface area (Å²) in [7, 11) is 0. The van der Waals surface area contributed by atoms with Gasteiger partial charge in [-0.25, -0.2) is 0 Å². The summed E-state index contributed by atoms with van der Waals surface area (Å²) in [4.78, 5) is 0. The molecule has 9 heavy (non-hydrogen) atoms. The van der Waals surface area contributed by atoms with E-state index in [1.54, 1.807) is 0 Å². The van der Waals surface area contributed by atoms with Crippen LogP contribution in [0.2, 0.25) is 0 Å². The van der Waals surface area contributed by atoms with E-state index < -0.39 is 0 Å². The molecule has 2 aliphatic carbocycles. The van der Waals surface area contributed by atoms with Gasteiger partial charge in [0.05, 0.1) is 0 Å². The van der Waals surface area contributed by atoms with Crippen LogP contribution >= 0.6 is 9.90 Å². The van der Waals surface area contributed by atoms with Crippen LogP contribution in [0, 0.1) is 13.8 Å². The molecule has 48 valence electrons. The van der Waals surface area contributed by atoms with E-state index in [-0.39, 0.29) is 9.90 Å². The van der Waals surface area contributed by atoms with E-state index in [2.05, 4.69) is 26.0 Å². The summed E-state index contributed by atoms with van der Waals surface area (Å²) >= 11 is 0. The molecule has 0 saturated carbocycles. The molecule has 0 aromatic carbocycles. The third kappa shape index (κ3) is 0.573. The van der Waals surface area contributed by atoms with Gasteiger partial charge in [0.15, 0.2) is 0 Å². The first-order valence-corrected chi connectivity index (χ1v) is 2.91. The van der Waals surface area contributed by atoms with Gasteiger partial charge < -0.3 is 0 Å². The predicted octanol–water partition coefficient (Wildman–Crippen LogP) is 2.34. The van der Waals surface area contributed by atoms with Crippen LogP contribution in [0.5, 0.6) is 0 Å². The average Bonchev–Trinajstić information content (AvgIpc) is 1.64. The van der Waals surface area contributed by atoms with Crippen LogP contribution in [0.15, 0.2) is 12.1 Å². The number of benzene rings is 1. The van der Waals surface area contributed by atoms with Gasteiger partial charge in [0, 0.05) is 0 Å². The Kier molecular flexibility index (Phi) is 1.36. The summed E-state index contributed by atoms with van der Waals surface area (Å²) in [5, 5.41) is 0. The van der Waals surface area contributed by atoms with Gasteiger partial charge in [0.2, 0.25) is 0 Å². The number of hydrogen-bond donors (Lipinski definition) is 0. The molecule has 0 aliphatic heterocycles. The molecule has 0 N–H and O–H groups in total. The lowest BCUT2D eigenvalue weighted by molar-refractivity contribution is 1.26. The molecule has 1 atom stereocenters. The molecule has 2 aliphatic rings. The van der Waals surface area contributed by atoms with Crippen LogP contribution in [-0.2, 0) is 0 Å². The summed E-state index contributed by atoms with van der Waals surface area (Å²) in [6.45, 7) is 4.36. The van der Waals surface area contributed by atoms with Crippen molar-refractivity contribution in [3.63, 3.8) is 0 Å². The second-order valence-corrected chi connectivity index (χ2v) is 2.41. The van der Waals surface area contributed by atoms with E-state index >= 15 is 0 Å². The zero-order valence-corrected chi connectivity index (χ0v) is 7.28. The lowest BCUT2D eigenvalue weighted by Gasteiger charge is -2.23. The largest absolute Gasteiger partial charge is 0.153 e.